The van der Waals surface area contributed by atoms with Crippen molar-refractivity contribution in [2.75, 3.05) is 18.4 Å². The minimum Gasteiger partial charge on any atom is -0.385 e. The molecule has 1 rings (SSSR count). The summed E-state index contributed by atoms with van der Waals surface area (Å²) in [6.07, 6.45) is 1.99. The van der Waals surface area contributed by atoms with Gasteiger partial charge in [0.05, 0.1) is 4.90 Å². The first kappa shape index (κ1) is 15.9. The van der Waals surface area contributed by atoms with Crippen molar-refractivity contribution in [3.05, 3.63) is 24.3 Å². The summed E-state index contributed by atoms with van der Waals surface area (Å²) in [5.74, 6) is 0. The number of unbranched alkanes of at least 4 members (excludes halogenated alkanes) is 1. The van der Waals surface area contributed by atoms with E-state index in [1.165, 1.54) is 0 Å². The lowest BCUT2D eigenvalue weighted by molar-refractivity contribution is 0.570. The maximum Gasteiger partial charge on any atom is 0.240 e. The van der Waals surface area contributed by atoms with Crippen molar-refractivity contribution in [3.63, 3.8) is 0 Å². The first-order valence-corrected chi connectivity index (χ1v) is 8.00. The van der Waals surface area contributed by atoms with Gasteiger partial charge in [0.2, 0.25) is 10.0 Å². The molecule has 0 fully saturated rings. The molecule has 0 radical (unpaired) electrons. The Balaban J connectivity index is 2.61. The molecule has 0 aliphatic carbocycles. The molecule has 0 aliphatic rings. The topological polar surface area (TPSA) is 84.2 Å². The lowest BCUT2D eigenvalue weighted by Gasteiger charge is -2.10. The SMILES string of the molecule is CC(C)NS(=O)(=O)c1ccc(NCCCCN)cc1. The van der Waals surface area contributed by atoms with Crippen molar-refractivity contribution in [1.29, 1.82) is 0 Å². The summed E-state index contributed by atoms with van der Waals surface area (Å²) in [7, 11) is -3.40. The Bertz CT molecular complexity index is 469. The zero-order chi connectivity index (χ0) is 14.3. The van der Waals surface area contributed by atoms with Crippen molar-refractivity contribution in [3.8, 4) is 0 Å². The van der Waals surface area contributed by atoms with Crippen molar-refractivity contribution in [2.24, 2.45) is 5.73 Å². The third-order valence-corrected chi connectivity index (χ3v) is 4.19. The molecule has 0 atom stereocenters. The van der Waals surface area contributed by atoms with Crippen LogP contribution in [0.1, 0.15) is 26.7 Å². The van der Waals surface area contributed by atoms with E-state index in [9.17, 15) is 8.42 Å². The fraction of sp³-hybridized carbons (Fsp3) is 0.538. The molecule has 0 saturated carbocycles. The Morgan fingerprint density at radius 2 is 1.79 bits per heavy atom. The van der Waals surface area contributed by atoms with Crippen LogP contribution in [0, 0.1) is 0 Å². The van der Waals surface area contributed by atoms with Crippen LogP contribution in [-0.2, 0) is 10.0 Å². The number of nitrogens with two attached hydrogens (primary N) is 1. The van der Waals surface area contributed by atoms with E-state index in [0.29, 0.717) is 6.54 Å². The lowest BCUT2D eigenvalue weighted by atomic mass is 10.3. The summed E-state index contributed by atoms with van der Waals surface area (Å²) in [5.41, 5.74) is 6.33. The van der Waals surface area contributed by atoms with E-state index in [1.807, 2.05) is 0 Å². The lowest BCUT2D eigenvalue weighted by Crippen LogP contribution is -2.30. The highest BCUT2D eigenvalue weighted by Crippen LogP contribution is 2.14. The van der Waals surface area contributed by atoms with Crippen molar-refractivity contribution < 1.29 is 8.42 Å². The van der Waals surface area contributed by atoms with E-state index in [1.54, 1.807) is 38.1 Å². The van der Waals surface area contributed by atoms with E-state index >= 15 is 0 Å². The van der Waals surface area contributed by atoms with Crippen LogP contribution in [0.4, 0.5) is 5.69 Å². The van der Waals surface area contributed by atoms with Crippen molar-refractivity contribution in [1.82, 2.24) is 4.72 Å². The molecule has 0 amide bonds. The number of nitrogens with one attached hydrogen (secondary N) is 2. The Labute approximate surface area is 115 Å². The molecule has 1 aromatic rings. The van der Waals surface area contributed by atoms with Gasteiger partial charge in [-0.3, -0.25) is 0 Å². The summed E-state index contributed by atoms with van der Waals surface area (Å²) >= 11 is 0. The van der Waals surface area contributed by atoms with Gasteiger partial charge in [-0.2, -0.15) is 0 Å². The largest absolute Gasteiger partial charge is 0.385 e. The Kier molecular flexibility index (Phi) is 6.27. The van der Waals surface area contributed by atoms with Gasteiger partial charge in [0.25, 0.3) is 0 Å². The molecule has 0 saturated heterocycles. The van der Waals surface area contributed by atoms with Crippen LogP contribution in [0.5, 0.6) is 0 Å². The third-order valence-electron chi connectivity index (χ3n) is 2.52. The molecule has 5 nitrogen and oxygen atoms in total. The zero-order valence-corrected chi connectivity index (χ0v) is 12.3. The Hall–Kier alpha value is -1.11. The molecule has 6 heteroatoms. The van der Waals surface area contributed by atoms with Crippen LogP contribution < -0.4 is 15.8 Å². The first-order valence-electron chi connectivity index (χ1n) is 6.52. The van der Waals surface area contributed by atoms with Gasteiger partial charge in [0.15, 0.2) is 0 Å². The molecule has 0 unspecified atom stereocenters. The summed E-state index contributed by atoms with van der Waals surface area (Å²) < 4.78 is 26.4. The molecule has 0 heterocycles. The van der Waals surface area contributed by atoms with E-state index in [4.69, 9.17) is 5.73 Å². The van der Waals surface area contributed by atoms with E-state index in [0.717, 1.165) is 25.1 Å². The maximum absolute atomic E-state index is 11.9. The number of benzene rings is 1. The van der Waals surface area contributed by atoms with Gasteiger partial charge >= 0.3 is 0 Å². The normalized spacial score (nSPS) is 11.8. The zero-order valence-electron chi connectivity index (χ0n) is 11.5. The third kappa shape index (κ3) is 5.59. The second-order valence-electron chi connectivity index (χ2n) is 4.72. The minimum absolute atomic E-state index is 0.112. The van der Waals surface area contributed by atoms with Crippen LogP contribution in [-0.4, -0.2) is 27.5 Å². The van der Waals surface area contributed by atoms with Gasteiger partial charge in [0.1, 0.15) is 0 Å². The fourth-order valence-electron chi connectivity index (χ4n) is 1.63. The summed E-state index contributed by atoms with van der Waals surface area (Å²) in [5, 5.41) is 3.23. The molecule has 0 aromatic heterocycles. The summed E-state index contributed by atoms with van der Waals surface area (Å²) in [6, 6.07) is 6.65. The Morgan fingerprint density at radius 3 is 2.32 bits per heavy atom. The monoisotopic (exact) mass is 285 g/mol. The highest BCUT2D eigenvalue weighted by atomic mass is 32.2. The molecule has 0 aliphatic heterocycles. The molecule has 0 bridgehead atoms. The minimum atomic E-state index is -3.40. The average molecular weight is 285 g/mol. The summed E-state index contributed by atoms with van der Waals surface area (Å²) in [4.78, 5) is 0.286. The number of rotatable bonds is 8. The van der Waals surface area contributed by atoms with E-state index in [-0.39, 0.29) is 10.9 Å². The highest BCUT2D eigenvalue weighted by molar-refractivity contribution is 7.89. The molecular weight excluding hydrogens is 262 g/mol. The van der Waals surface area contributed by atoms with Gasteiger partial charge in [-0.05, 0) is 57.5 Å². The van der Waals surface area contributed by atoms with Crippen LogP contribution in [0.2, 0.25) is 0 Å². The van der Waals surface area contributed by atoms with Crippen LogP contribution in [0.15, 0.2) is 29.2 Å². The highest BCUT2D eigenvalue weighted by Gasteiger charge is 2.14. The second-order valence-corrected chi connectivity index (χ2v) is 6.44. The predicted molar refractivity (Wildman–Crippen MR) is 78.7 cm³/mol. The molecule has 4 N–H and O–H groups in total. The van der Waals surface area contributed by atoms with Gasteiger partial charge in [-0.25, -0.2) is 13.1 Å². The molecule has 19 heavy (non-hydrogen) atoms. The number of hydrogen-bond donors (Lipinski definition) is 3. The predicted octanol–water partition coefficient (Wildman–Crippen LogP) is 1.52. The van der Waals surface area contributed by atoms with Gasteiger partial charge in [-0.15, -0.1) is 0 Å². The molecule has 0 spiro atoms. The van der Waals surface area contributed by atoms with Crippen LogP contribution in [0.25, 0.3) is 0 Å². The smallest absolute Gasteiger partial charge is 0.240 e. The fourth-order valence-corrected chi connectivity index (χ4v) is 2.88. The quantitative estimate of drug-likeness (QED) is 0.632. The van der Waals surface area contributed by atoms with Crippen LogP contribution in [0.3, 0.4) is 0 Å². The first-order chi connectivity index (χ1) is 8.95. The van der Waals surface area contributed by atoms with Gasteiger partial charge in [-0.1, -0.05) is 0 Å². The van der Waals surface area contributed by atoms with E-state index in [2.05, 4.69) is 10.0 Å². The van der Waals surface area contributed by atoms with Crippen molar-refractivity contribution in [2.45, 2.75) is 37.6 Å². The molecular formula is C13H23N3O2S. The van der Waals surface area contributed by atoms with Crippen molar-refractivity contribution >= 4 is 15.7 Å². The second kappa shape index (κ2) is 7.47. The molecule has 108 valence electrons. The number of sulfonamides is 1. The standard InChI is InChI=1S/C13H23N3O2S/c1-11(2)16-19(17,18)13-7-5-12(6-8-13)15-10-4-3-9-14/h5-8,11,15-16H,3-4,9-10,14H2,1-2H3. The average Bonchev–Trinajstić information content (AvgIpc) is 2.34. The van der Waals surface area contributed by atoms with Crippen LogP contribution >= 0.6 is 0 Å². The van der Waals surface area contributed by atoms with Gasteiger partial charge in [0, 0.05) is 18.3 Å². The number of anilines is 1. The van der Waals surface area contributed by atoms with E-state index < -0.39 is 10.0 Å². The summed E-state index contributed by atoms with van der Waals surface area (Å²) in [6.45, 7) is 5.13. The molecule has 1 aromatic carbocycles. The Morgan fingerprint density at radius 1 is 1.16 bits per heavy atom. The maximum atomic E-state index is 11.9. The van der Waals surface area contributed by atoms with Gasteiger partial charge < -0.3 is 11.1 Å². The number of hydrogen-bond acceptors (Lipinski definition) is 4.